The maximum absolute atomic E-state index is 11.8. The van der Waals surface area contributed by atoms with Crippen LogP contribution in [0.2, 0.25) is 0 Å². The quantitative estimate of drug-likeness (QED) is 0.0812. The molecule has 1 N–H and O–H groups in total. The van der Waals surface area contributed by atoms with Gasteiger partial charge < -0.3 is 59.2 Å². The van der Waals surface area contributed by atoms with Gasteiger partial charge in [0.25, 0.3) is 0 Å². The van der Waals surface area contributed by atoms with Crippen LogP contribution in [0.3, 0.4) is 0 Å². The van der Waals surface area contributed by atoms with Crippen LogP contribution in [-0.4, -0.2) is 284 Å². The van der Waals surface area contributed by atoms with Crippen LogP contribution in [0.5, 0.6) is 0 Å². The van der Waals surface area contributed by atoms with Gasteiger partial charge in [0.05, 0.1) is 0 Å². The number of piperidine rings is 6. The van der Waals surface area contributed by atoms with Gasteiger partial charge in [-0.15, -0.1) is 0 Å². The van der Waals surface area contributed by atoms with Gasteiger partial charge in [-0.05, 0) is 356 Å². The number of carbonyl (C=O) groups excluding carboxylic acids is 1. The molecule has 13 nitrogen and oxygen atoms in total. The number of nitrogens with zero attached hydrogens (tertiary/aromatic N) is 11. The van der Waals surface area contributed by atoms with E-state index in [4.69, 9.17) is 0 Å². The first kappa shape index (κ1) is 110. The van der Waals surface area contributed by atoms with Crippen molar-refractivity contribution >= 4 is 5.91 Å². The van der Waals surface area contributed by atoms with Gasteiger partial charge in [0.2, 0.25) is 5.91 Å². The summed E-state index contributed by atoms with van der Waals surface area (Å²) in [4.78, 5) is 39.2. The molecule has 0 spiro atoms. The summed E-state index contributed by atoms with van der Waals surface area (Å²) in [7, 11) is 8.89. The monoisotopic (exact) mass is 1620 g/mol. The third-order valence-electron chi connectivity index (χ3n) is 28.3. The number of carbonyl (C=O) groups is 1. The third-order valence-corrected chi connectivity index (χ3v) is 28.3. The number of likely N-dealkylation sites (tertiary alicyclic amines) is 5. The molecule has 0 radical (unpaired) electrons. The minimum absolute atomic E-state index is 0.409. The lowest BCUT2D eigenvalue weighted by Crippen LogP contribution is -2.47. The lowest BCUT2D eigenvalue weighted by molar-refractivity contribution is -0.134. The van der Waals surface area contributed by atoms with E-state index in [0.717, 1.165) is 138 Å². The van der Waals surface area contributed by atoms with E-state index in [1.165, 1.54) is 312 Å². The van der Waals surface area contributed by atoms with Crippen LogP contribution in [0.1, 0.15) is 321 Å². The van der Waals surface area contributed by atoms with E-state index in [9.17, 15) is 4.79 Å². The molecule has 1 amide bonds. The van der Waals surface area contributed by atoms with Crippen molar-refractivity contribution in [3.05, 3.63) is 0 Å². The number of amides is 1. The fraction of sp³-hybridized carbons (Fsp3) is 0.990. The summed E-state index contributed by atoms with van der Waals surface area (Å²) in [6, 6.07) is 0.750. The maximum atomic E-state index is 11.8. The molecule has 115 heavy (non-hydrogen) atoms. The molecule has 3 unspecified atom stereocenters. The highest BCUT2D eigenvalue weighted by atomic mass is 16.2. The van der Waals surface area contributed by atoms with Crippen molar-refractivity contribution in [3.8, 4) is 0 Å². The van der Waals surface area contributed by atoms with E-state index in [2.05, 4.69) is 260 Å². The molecule has 0 aromatic heterocycles. The highest BCUT2D eigenvalue weighted by Gasteiger charge is 2.35. The third kappa shape index (κ3) is 54.4. The first-order valence-corrected chi connectivity index (χ1v) is 50.7. The Hall–Kier alpha value is -0.970. The van der Waals surface area contributed by atoms with Gasteiger partial charge in [-0.3, -0.25) is 4.79 Å². The number of hydrogen-bond donors (Lipinski definition) is 1. The van der Waals surface area contributed by atoms with Crippen molar-refractivity contribution < 1.29 is 4.79 Å². The lowest BCUT2D eigenvalue weighted by Gasteiger charge is -2.36. The lowest BCUT2D eigenvalue weighted by atomic mass is 9.81. The van der Waals surface area contributed by atoms with Crippen LogP contribution in [-0.2, 0) is 4.79 Å². The average Bonchev–Trinajstić information content (AvgIpc) is 1.70. The SMILES string of the molecule is CC(C)CC1CCN(C(=O)C2CC2)CC1.CC(C)CC1CCN(C(C)C)CC1.CC(C)CC1CCN(C)CC1.CC(C)CC1CCNCC1.CC(C)CN1CCN(C)CC1.CCC(CC1CCN(C)CC1)C(C)C.CCC(CN1CCN(C)CC1)C(C)C.CCC(CN1CCN(CC)CC1)C(C)C.CCN1CCC(CC(C)C)CC1. The molecule has 1 saturated carbocycles. The highest BCUT2D eigenvalue weighted by molar-refractivity contribution is 5.81. The average molecular weight is 1620 g/mol. The van der Waals surface area contributed by atoms with Crippen LogP contribution in [0.25, 0.3) is 0 Å². The largest absolute Gasteiger partial charge is 0.342 e. The summed E-state index contributed by atoms with van der Waals surface area (Å²) in [6.45, 7) is 94.8. The fourth-order valence-electron chi connectivity index (χ4n) is 19.8. The summed E-state index contributed by atoms with van der Waals surface area (Å²) in [6.07, 6.45) is 31.6. The number of piperazine rings is 3. The van der Waals surface area contributed by atoms with E-state index < -0.39 is 0 Å². The van der Waals surface area contributed by atoms with Crippen LogP contribution in [0, 0.1) is 112 Å². The van der Waals surface area contributed by atoms with Crippen molar-refractivity contribution in [2.75, 3.05) is 218 Å². The van der Waals surface area contributed by atoms with Crippen LogP contribution in [0.4, 0.5) is 0 Å². The zero-order valence-corrected chi connectivity index (χ0v) is 83.6. The number of likely N-dealkylation sites (N-methyl/N-ethyl adjacent to an activating group) is 3. The molecule has 13 heteroatoms. The topological polar surface area (TPSA) is 64.7 Å². The maximum Gasteiger partial charge on any atom is 0.225 e. The first-order valence-electron chi connectivity index (χ1n) is 50.7. The molecule has 9 aliphatic heterocycles. The van der Waals surface area contributed by atoms with E-state index in [1.807, 2.05) is 0 Å². The molecule has 10 aliphatic rings. The van der Waals surface area contributed by atoms with Crippen LogP contribution in [0.15, 0.2) is 0 Å². The predicted molar refractivity (Wildman–Crippen MR) is 511 cm³/mol. The Morgan fingerprint density at radius 3 is 0.843 bits per heavy atom. The molecular formula is C102H212N12O. The summed E-state index contributed by atoms with van der Waals surface area (Å²) < 4.78 is 0. The van der Waals surface area contributed by atoms with E-state index in [1.54, 1.807) is 0 Å². The van der Waals surface area contributed by atoms with Crippen molar-refractivity contribution in [1.29, 1.82) is 0 Å². The second-order valence-electron chi connectivity index (χ2n) is 43.1. The zero-order valence-electron chi connectivity index (χ0n) is 83.6. The Balaban J connectivity index is 0.000000440. The van der Waals surface area contributed by atoms with Gasteiger partial charge >= 0.3 is 0 Å². The Kier molecular flexibility index (Phi) is 62.0. The fourth-order valence-corrected chi connectivity index (χ4v) is 19.8. The van der Waals surface area contributed by atoms with Crippen molar-refractivity contribution in [2.45, 2.75) is 327 Å². The van der Waals surface area contributed by atoms with Gasteiger partial charge in [0, 0.05) is 123 Å². The Labute approximate surface area is 723 Å². The van der Waals surface area contributed by atoms with Gasteiger partial charge in [-0.2, -0.15) is 0 Å². The minimum atomic E-state index is 0.409. The molecule has 3 atom stereocenters. The number of rotatable bonds is 28. The molecule has 1 aliphatic carbocycles. The second-order valence-corrected chi connectivity index (χ2v) is 43.1. The minimum Gasteiger partial charge on any atom is -0.342 e. The number of nitrogens with one attached hydrogen (secondary N) is 1. The number of hydrogen-bond acceptors (Lipinski definition) is 12. The summed E-state index contributed by atoms with van der Waals surface area (Å²) in [5, 5.41) is 3.39. The predicted octanol–water partition coefficient (Wildman–Crippen LogP) is 21.5. The van der Waals surface area contributed by atoms with Crippen molar-refractivity contribution in [3.63, 3.8) is 0 Å². The van der Waals surface area contributed by atoms with Gasteiger partial charge in [0.15, 0.2) is 0 Å². The normalized spacial score (nSPS) is 22.6. The summed E-state index contributed by atoms with van der Waals surface area (Å²) >= 11 is 0. The molecule has 0 aromatic rings. The van der Waals surface area contributed by atoms with E-state index in [-0.39, 0.29) is 0 Å². The van der Waals surface area contributed by atoms with Crippen LogP contribution >= 0.6 is 0 Å². The van der Waals surface area contributed by atoms with Crippen LogP contribution < -0.4 is 5.32 Å². The Morgan fingerprint density at radius 1 is 0.278 bits per heavy atom. The summed E-state index contributed by atoms with van der Waals surface area (Å²) in [5.74, 6) is 17.3. The van der Waals surface area contributed by atoms with E-state index in [0.29, 0.717) is 11.8 Å². The van der Waals surface area contributed by atoms with Gasteiger partial charge in [0.1, 0.15) is 0 Å². The molecule has 9 saturated heterocycles. The molecular weight excluding hydrogens is 1410 g/mol. The second kappa shape index (κ2) is 64.7. The smallest absolute Gasteiger partial charge is 0.225 e. The molecule has 686 valence electrons. The molecule has 10 rings (SSSR count). The van der Waals surface area contributed by atoms with E-state index >= 15 is 0 Å². The highest BCUT2D eigenvalue weighted by Crippen LogP contribution is 2.35. The van der Waals surface area contributed by atoms with Crippen molar-refractivity contribution in [1.82, 2.24) is 59.2 Å². The molecule has 9 heterocycles. The Bertz CT molecular complexity index is 2100. The van der Waals surface area contributed by atoms with Gasteiger partial charge in [-0.1, -0.05) is 179 Å². The summed E-state index contributed by atoms with van der Waals surface area (Å²) in [5.41, 5.74) is 0. The molecule has 0 bridgehead atoms. The standard InChI is InChI=1S/C13H28N2.C13H23NO.C13H27N.C12H26N2.C12H25N.C11H23N.C10H21N.C9H20N2.C9H19N/c1-5-13(12(3)4)11-15-9-7-14(6-2)8-10-15;1-10(2)9-11-5-7-14(8-6-11)13(15)12-3-4-12;1-5-13(11(2)3)10-12-6-8-14(4)9-7-12;1-5-12(11(2)3)10-14-8-6-13(4)7-9-14;1-10(2)9-12-5-7-13(8-6-12)11(3)4;1-4-12-7-5-11(6-8-12)9-10(2)3;1-9(2)8-10-4-6-11(3)7-5-10;1-9(2)8-11-6-4-10(3)5-7-11;1-8(2)7-9-3-5-10-6-4-9/h12-13H,5-11H2,1-4H3;10-12H,3-9H2,1-2H3;11-13H,5-10H2,1-4H3;11-12H,5-10H2,1-4H3;10-12H,5-9H2,1-4H3;10-11H,4-9H2,1-3H3;9-10H,4-8H2,1-3H3;9H,4-8H2,1-3H3;8-10H,3-7H2,1-2H3. The molecule has 0 aromatic carbocycles. The first-order chi connectivity index (χ1) is 54.6. The Morgan fingerprint density at radius 2 is 0.548 bits per heavy atom. The molecule has 10 fully saturated rings. The van der Waals surface area contributed by atoms with Crippen molar-refractivity contribution in [2.24, 2.45) is 112 Å². The zero-order chi connectivity index (χ0) is 86.0. The van der Waals surface area contributed by atoms with Gasteiger partial charge in [-0.25, -0.2) is 0 Å².